The van der Waals surface area contributed by atoms with E-state index in [1.165, 1.54) is 0 Å². The zero-order valence-electron chi connectivity index (χ0n) is 20.0. The van der Waals surface area contributed by atoms with Crippen molar-refractivity contribution in [2.45, 2.75) is 59.3 Å². The quantitative estimate of drug-likeness (QED) is 0.353. The van der Waals surface area contributed by atoms with E-state index in [-0.39, 0.29) is 10.8 Å². The normalized spacial score (nSPS) is 12.3. The molecule has 0 atom stereocenters. The third kappa shape index (κ3) is 5.75. The van der Waals surface area contributed by atoms with Crippen LogP contribution in [0.4, 0.5) is 0 Å². The lowest BCUT2D eigenvalue weighted by Crippen LogP contribution is -2.17. The Morgan fingerprint density at radius 3 is 1.31 bits per heavy atom. The van der Waals surface area contributed by atoms with Crippen molar-refractivity contribution < 1.29 is 18.1 Å². The molecular weight excluding hydrogens is 419 g/mol. The van der Waals surface area contributed by atoms with Crippen molar-refractivity contribution in [1.82, 2.24) is 0 Å². The molecule has 3 aromatic carbocycles. The minimum atomic E-state index is -4.10. The average molecular weight is 453 g/mol. The summed E-state index contributed by atoms with van der Waals surface area (Å²) in [5.74, 6) is 1.41. The Bertz CT molecular complexity index is 1060. The van der Waals surface area contributed by atoms with Crippen LogP contribution in [0, 0.1) is 6.92 Å². The van der Waals surface area contributed by atoms with Gasteiger partial charge in [-0.2, -0.15) is 4.57 Å². The molecule has 3 rings (SSSR count). The monoisotopic (exact) mass is 452 g/mol. The van der Waals surface area contributed by atoms with Gasteiger partial charge in [0.25, 0.3) is 0 Å². The fourth-order valence-corrected chi connectivity index (χ4v) is 4.77. The Kier molecular flexibility index (Phi) is 6.76. The van der Waals surface area contributed by atoms with E-state index >= 15 is 0 Å². The summed E-state index contributed by atoms with van der Waals surface area (Å²) in [4.78, 5) is 0. The smallest absolute Gasteiger partial charge is 0.386 e. The zero-order chi connectivity index (χ0) is 23.6. The molecule has 0 bridgehead atoms. The summed E-state index contributed by atoms with van der Waals surface area (Å²) in [7, 11) is -4.10. The minimum Gasteiger partial charge on any atom is -0.386 e. The van der Waals surface area contributed by atoms with Crippen LogP contribution in [0.15, 0.2) is 72.8 Å². The molecule has 0 fully saturated rings. The van der Waals surface area contributed by atoms with Gasteiger partial charge in [-0.3, -0.25) is 0 Å². The highest BCUT2D eigenvalue weighted by Gasteiger charge is 2.37. The molecule has 0 aliphatic rings. The Morgan fingerprint density at radius 2 is 0.906 bits per heavy atom. The topological polar surface area (TPSA) is 44.8 Å². The van der Waals surface area contributed by atoms with Crippen LogP contribution in [0.2, 0.25) is 0 Å². The lowest BCUT2D eigenvalue weighted by molar-refractivity contribution is 0.292. The number of phosphoric acid groups is 1. The van der Waals surface area contributed by atoms with Gasteiger partial charge in [0.15, 0.2) is 0 Å². The third-order valence-electron chi connectivity index (χ3n) is 5.11. The van der Waals surface area contributed by atoms with E-state index in [4.69, 9.17) is 13.6 Å². The fraction of sp³-hybridized carbons (Fsp3) is 0.333. The number of aryl methyl sites for hydroxylation is 1. The number of hydrogen-bond donors (Lipinski definition) is 0. The van der Waals surface area contributed by atoms with E-state index in [0.29, 0.717) is 17.2 Å². The highest BCUT2D eigenvalue weighted by Crippen LogP contribution is 2.53. The van der Waals surface area contributed by atoms with Crippen molar-refractivity contribution in [3.63, 3.8) is 0 Å². The Labute approximate surface area is 192 Å². The van der Waals surface area contributed by atoms with Crippen LogP contribution < -0.4 is 13.6 Å². The molecule has 4 nitrogen and oxygen atoms in total. The molecule has 0 saturated carbocycles. The van der Waals surface area contributed by atoms with Crippen LogP contribution in [0.25, 0.3) is 0 Å². The minimum absolute atomic E-state index is 0.215. The highest BCUT2D eigenvalue weighted by molar-refractivity contribution is 7.49. The molecule has 0 heterocycles. The van der Waals surface area contributed by atoms with Gasteiger partial charge in [-0.15, -0.1) is 0 Å². The molecule has 0 aliphatic heterocycles. The molecule has 0 spiro atoms. The number of phosphoric ester groups is 1. The first-order chi connectivity index (χ1) is 14.9. The Hall–Kier alpha value is -2.71. The average Bonchev–Trinajstić information content (AvgIpc) is 2.69. The van der Waals surface area contributed by atoms with Gasteiger partial charge in [0, 0.05) is 11.1 Å². The summed E-state index contributed by atoms with van der Waals surface area (Å²) in [6, 6.07) is 22.5. The van der Waals surface area contributed by atoms with Gasteiger partial charge in [-0.05, 0) is 41.5 Å². The predicted octanol–water partition coefficient (Wildman–Crippen LogP) is 8.23. The molecular formula is C27H33O4P. The lowest BCUT2D eigenvalue weighted by atomic mass is 9.86. The second-order valence-corrected chi connectivity index (χ2v) is 11.4. The van der Waals surface area contributed by atoms with Crippen molar-refractivity contribution in [2.24, 2.45) is 0 Å². The van der Waals surface area contributed by atoms with E-state index in [1.807, 2.05) is 61.5 Å². The Morgan fingerprint density at radius 1 is 0.562 bits per heavy atom. The number of benzene rings is 3. The van der Waals surface area contributed by atoms with Crippen molar-refractivity contribution in [1.29, 1.82) is 0 Å². The maximum absolute atomic E-state index is 14.2. The first-order valence-electron chi connectivity index (χ1n) is 10.8. The number of hydrogen-bond acceptors (Lipinski definition) is 4. The van der Waals surface area contributed by atoms with Crippen molar-refractivity contribution >= 4 is 7.82 Å². The molecule has 5 heteroatoms. The predicted molar refractivity (Wildman–Crippen MR) is 131 cm³/mol. The molecule has 0 N–H and O–H groups in total. The van der Waals surface area contributed by atoms with Crippen molar-refractivity contribution in [3.05, 3.63) is 89.5 Å². The molecule has 0 aromatic heterocycles. The largest absolute Gasteiger partial charge is 0.647 e. The molecule has 0 unspecified atom stereocenters. The standard InChI is InChI=1S/C27H33O4P/c1-20-14-8-11-17-23(20)29-32(28,30-24-18-12-9-15-21(24)26(2,3)4)31-25-19-13-10-16-22(25)27(5,6)7/h8-19H,1-7H3. The summed E-state index contributed by atoms with van der Waals surface area (Å²) in [6.07, 6.45) is 0. The van der Waals surface area contributed by atoms with E-state index in [0.717, 1.165) is 16.7 Å². The van der Waals surface area contributed by atoms with Crippen LogP contribution in [0.3, 0.4) is 0 Å². The SMILES string of the molecule is Cc1ccccc1OP(=O)(Oc1ccccc1C(C)(C)C)Oc1ccccc1C(C)(C)C. The second kappa shape index (κ2) is 9.03. The molecule has 0 radical (unpaired) electrons. The summed E-state index contributed by atoms with van der Waals surface area (Å²) in [5.41, 5.74) is 2.25. The lowest BCUT2D eigenvalue weighted by Gasteiger charge is -2.27. The van der Waals surface area contributed by atoms with E-state index < -0.39 is 7.82 Å². The van der Waals surface area contributed by atoms with Gasteiger partial charge in [0.1, 0.15) is 17.2 Å². The number of para-hydroxylation sites is 3. The van der Waals surface area contributed by atoms with Crippen LogP contribution >= 0.6 is 7.82 Å². The van der Waals surface area contributed by atoms with E-state index in [1.54, 1.807) is 18.2 Å². The van der Waals surface area contributed by atoms with Crippen LogP contribution in [0.5, 0.6) is 17.2 Å². The Balaban J connectivity index is 2.08. The van der Waals surface area contributed by atoms with Crippen molar-refractivity contribution in [2.75, 3.05) is 0 Å². The first kappa shape index (κ1) is 23.9. The molecule has 0 aliphatic carbocycles. The fourth-order valence-electron chi connectivity index (χ4n) is 3.41. The van der Waals surface area contributed by atoms with Gasteiger partial charge in [0.05, 0.1) is 0 Å². The van der Waals surface area contributed by atoms with Gasteiger partial charge in [-0.25, -0.2) is 0 Å². The summed E-state index contributed by atoms with van der Waals surface area (Å²) in [6.45, 7) is 14.4. The molecule has 0 amide bonds. The number of rotatable bonds is 6. The molecule has 0 saturated heterocycles. The highest BCUT2D eigenvalue weighted by atomic mass is 31.2. The summed E-state index contributed by atoms with van der Waals surface area (Å²) >= 11 is 0. The maximum atomic E-state index is 14.2. The second-order valence-electron chi connectivity index (χ2n) is 9.98. The van der Waals surface area contributed by atoms with Crippen LogP contribution in [-0.2, 0) is 15.4 Å². The molecule has 170 valence electrons. The van der Waals surface area contributed by atoms with E-state index in [2.05, 4.69) is 41.5 Å². The maximum Gasteiger partial charge on any atom is 0.647 e. The van der Waals surface area contributed by atoms with Gasteiger partial charge in [0.2, 0.25) is 0 Å². The van der Waals surface area contributed by atoms with Gasteiger partial charge >= 0.3 is 7.82 Å². The third-order valence-corrected chi connectivity index (χ3v) is 6.38. The summed E-state index contributed by atoms with van der Waals surface area (Å²) < 4.78 is 32.4. The van der Waals surface area contributed by atoms with Crippen molar-refractivity contribution in [3.8, 4) is 17.2 Å². The van der Waals surface area contributed by atoms with Gasteiger partial charge < -0.3 is 13.6 Å². The first-order valence-corrected chi connectivity index (χ1v) is 12.3. The van der Waals surface area contributed by atoms with Gasteiger partial charge in [-0.1, -0.05) is 96.1 Å². The molecule has 3 aromatic rings. The van der Waals surface area contributed by atoms with E-state index in [9.17, 15) is 4.57 Å². The summed E-state index contributed by atoms with van der Waals surface area (Å²) in [5, 5.41) is 0. The van der Waals surface area contributed by atoms with Crippen LogP contribution in [0.1, 0.15) is 58.2 Å². The zero-order valence-corrected chi connectivity index (χ0v) is 20.9. The van der Waals surface area contributed by atoms with Crippen LogP contribution in [-0.4, -0.2) is 0 Å². The molecule has 32 heavy (non-hydrogen) atoms.